The van der Waals surface area contributed by atoms with E-state index in [2.05, 4.69) is 5.32 Å². The van der Waals surface area contributed by atoms with E-state index in [0.717, 1.165) is 0 Å². The highest BCUT2D eigenvalue weighted by Crippen LogP contribution is 2.13. The average Bonchev–Trinajstić information content (AvgIpc) is 2.65. The predicted octanol–water partition coefficient (Wildman–Crippen LogP) is 0.897. The molecule has 0 aromatic heterocycles. The summed E-state index contributed by atoms with van der Waals surface area (Å²) < 4.78 is 5.03. The number of ether oxygens (including phenoxy) is 1. The van der Waals surface area contributed by atoms with Gasteiger partial charge >= 0.3 is 12.1 Å². The van der Waals surface area contributed by atoms with Crippen molar-refractivity contribution in [1.29, 1.82) is 0 Å². The quantitative estimate of drug-likeness (QED) is 0.774. The number of carbonyl (C=O) groups excluding carboxylic acids is 4. The molecule has 8 heteroatoms. The first-order chi connectivity index (χ1) is 9.64. The number of carbonyl (C=O) groups is 4. The number of amides is 3. The maximum absolute atomic E-state index is 11.9. The first-order valence-corrected chi connectivity index (χ1v) is 6.71. The zero-order chi connectivity index (χ0) is 16.2. The molecule has 1 heterocycles. The van der Waals surface area contributed by atoms with Crippen LogP contribution < -0.4 is 5.32 Å². The van der Waals surface area contributed by atoms with Crippen LogP contribution >= 0.6 is 0 Å². The highest BCUT2D eigenvalue weighted by molar-refractivity contribution is 6.01. The Morgan fingerprint density at radius 2 is 1.76 bits per heavy atom. The number of nitrogens with zero attached hydrogens (tertiary/aromatic N) is 1. The van der Waals surface area contributed by atoms with Crippen molar-refractivity contribution in [2.75, 3.05) is 0 Å². The highest BCUT2D eigenvalue weighted by Gasteiger charge is 2.35. The van der Waals surface area contributed by atoms with Gasteiger partial charge in [-0.3, -0.25) is 9.59 Å². The maximum atomic E-state index is 11.9. The van der Waals surface area contributed by atoms with Crippen LogP contribution in [-0.4, -0.2) is 40.6 Å². The summed E-state index contributed by atoms with van der Waals surface area (Å²) in [4.78, 5) is 51.0. The molecule has 1 aliphatic heterocycles. The number of hydrogen-bond acceptors (Lipinski definition) is 6. The molecule has 21 heavy (non-hydrogen) atoms. The van der Waals surface area contributed by atoms with E-state index in [9.17, 15) is 19.2 Å². The zero-order valence-electron chi connectivity index (χ0n) is 12.6. The number of rotatable bonds is 4. The number of alkyl carbamates (subject to hydrolysis) is 1. The summed E-state index contributed by atoms with van der Waals surface area (Å²) in [5.74, 6) is -2.02. The highest BCUT2D eigenvalue weighted by atomic mass is 16.7. The van der Waals surface area contributed by atoms with Crippen LogP contribution in [0.25, 0.3) is 0 Å². The van der Waals surface area contributed by atoms with Gasteiger partial charge in [-0.1, -0.05) is 6.92 Å². The molecule has 1 fully saturated rings. The second-order valence-corrected chi connectivity index (χ2v) is 5.60. The van der Waals surface area contributed by atoms with Crippen LogP contribution in [0.5, 0.6) is 0 Å². The molecule has 0 bridgehead atoms. The summed E-state index contributed by atoms with van der Waals surface area (Å²) in [6.45, 7) is 6.71. The molecule has 0 aromatic carbocycles. The van der Waals surface area contributed by atoms with Gasteiger partial charge in [0.2, 0.25) is 0 Å². The van der Waals surface area contributed by atoms with Crippen LogP contribution in [0.4, 0.5) is 4.79 Å². The van der Waals surface area contributed by atoms with E-state index in [1.807, 2.05) is 0 Å². The summed E-state index contributed by atoms with van der Waals surface area (Å²) in [7, 11) is 0. The van der Waals surface area contributed by atoms with Crippen LogP contribution in [0, 0.1) is 0 Å². The second kappa shape index (κ2) is 6.55. The Hall–Kier alpha value is -2.12. The summed E-state index contributed by atoms with van der Waals surface area (Å²) in [6, 6.07) is -0.999. The van der Waals surface area contributed by atoms with Gasteiger partial charge < -0.3 is 14.9 Å². The van der Waals surface area contributed by atoms with E-state index in [4.69, 9.17) is 9.57 Å². The largest absolute Gasteiger partial charge is 0.444 e. The fourth-order valence-corrected chi connectivity index (χ4v) is 1.59. The molecule has 0 aromatic rings. The van der Waals surface area contributed by atoms with Crippen molar-refractivity contribution in [1.82, 2.24) is 10.4 Å². The molecule has 1 aliphatic rings. The van der Waals surface area contributed by atoms with Gasteiger partial charge in [0.25, 0.3) is 11.8 Å². The van der Waals surface area contributed by atoms with E-state index in [0.29, 0.717) is 5.06 Å². The normalized spacial score (nSPS) is 16.7. The Bertz CT molecular complexity index is 438. The van der Waals surface area contributed by atoms with E-state index in [-0.39, 0.29) is 19.3 Å². The molecule has 8 nitrogen and oxygen atoms in total. The summed E-state index contributed by atoms with van der Waals surface area (Å²) in [5, 5.41) is 2.79. The monoisotopic (exact) mass is 300 g/mol. The predicted molar refractivity (Wildman–Crippen MR) is 70.6 cm³/mol. The van der Waals surface area contributed by atoms with Gasteiger partial charge in [-0.2, -0.15) is 0 Å². The lowest BCUT2D eigenvalue weighted by Crippen LogP contribution is -2.46. The third-order valence-corrected chi connectivity index (χ3v) is 2.57. The lowest BCUT2D eigenvalue weighted by Gasteiger charge is -2.23. The average molecular weight is 300 g/mol. The van der Waals surface area contributed by atoms with Gasteiger partial charge in [0.1, 0.15) is 11.6 Å². The minimum atomic E-state index is -0.999. The van der Waals surface area contributed by atoms with E-state index in [1.165, 1.54) is 0 Å². The first-order valence-electron chi connectivity index (χ1n) is 6.71. The Kier molecular flexibility index (Phi) is 5.28. The zero-order valence-corrected chi connectivity index (χ0v) is 12.6. The molecular formula is C13H20N2O6. The molecule has 118 valence electrons. The van der Waals surface area contributed by atoms with Crippen LogP contribution in [0.2, 0.25) is 0 Å². The number of hydrogen-bond donors (Lipinski definition) is 1. The van der Waals surface area contributed by atoms with Crippen molar-refractivity contribution in [2.24, 2.45) is 0 Å². The Morgan fingerprint density at radius 1 is 1.24 bits per heavy atom. The summed E-state index contributed by atoms with van der Waals surface area (Å²) in [6.07, 6.45) is -0.510. The summed E-state index contributed by atoms with van der Waals surface area (Å²) in [5.41, 5.74) is -0.701. The third-order valence-electron chi connectivity index (χ3n) is 2.57. The van der Waals surface area contributed by atoms with Crippen molar-refractivity contribution < 1.29 is 28.8 Å². The van der Waals surface area contributed by atoms with Gasteiger partial charge in [0.15, 0.2) is 0 Å². The molecule has 1 saturated heterocycles. The van der Waals surface area contributed by atoms with E-state index in [1.54, 1.807) is 27.7 Å². The van der Waals surface area contributed by atoms with Crippen LogP contribution in [0.15, 0.2) is 0 Å². The van der Waals surface area contributed by atoms with Crippen molar-refractivity contribution in [2.45, 2.75) is 58.6 Å². The maximum Gasteiger partial charge on any atom is 0.408 e. The lowest BCUT2D eigenvalue weighted by atomic mass is 10.2. The Labute approximate surface area is 122 Å². The van der Waals surface area contributed by atoms with Crippen molar-refractivity contribution in [3.05, 3.63) is 0 Å². The van der Waals surface area contributed by atoms with Gasteiger partial charge in [-0.25, -0.2) is 9.59 Å². The standard InChI is InChI=1S/C13H20N2O6/c1-5-8(14-12(19)20-13(2,3)4)11(18)21-15-9(16)6-7-10(15)17/h8H,5-7H2,1-4H3,(H,14,19)/t8-/m0/s1. The van der Waals surface area contributed by atoms with Gasteiger partial charge in [-0.05, 0) is 27.2 Å². The molecule has 0 saturated carbocycles. The molecular weight excluding hydrogens is 280 g/mol. The molecule has 1 N–H and O–H groups in total. The molecule has 0 aliphatic carbocycles. The smallest absolute Gasteiger partial charge is 0.408 e. The number of hydroxylamine groups is 2. The Morgan fingerprint density at radius 3 is 2.19 bits per heavy atom. The molecule has 3 amide bonds. The van der Waals surface area contributed by atoms with Crippen molar-refractivity contribution in [3.8, 4) is 0 Å². The van der Waals surface area contributed by atoms with Crippen LogP contribution in [0.3, 0.4) is 0 Å². The minimum absolute atomic E-state index is 0.0163. The molecule has 1 atom stereocenters. The lowest BCUT2D eigenvalue weighted by molar-refractivity contribution is -0.199. The third kappa shape index (κ3) is 5.05. The SMILES string of the molecule is CC[C@H](NC(=O)OC(C)(C)C)C(=O)ON1C(=O)CCC1=O. The second-order valence-electron chi connectivity index (χ2n) is 5.60. The fraction of sp³-hybridized carbons (Fsp3) is 0.692. The molecule has 0 unspecified atom stereocenters. The molecule has 1 rings (SSSR count). The van der Waals surface area contributed by atoms with E-state index >= 15 is 0 Å². The fourth-order valence-electron chi connectivity index (χ4n) is 1.59. The minimum Gasteiger partial charge on any atom is -0.444 e. The van der Waals surface area contributed by atoms with Gasteiger partial charge in [-0.15, -0.1) is 5.06 Å². The Balaban J connectivity index is 2.59. The summed E-state index contributed by atoms with van der Waals surface area (Å²) >= 11 is 0. The molecule has 0 spiro atoms. The number of nitrogens with one attached hydrogen (secondary N) is 1. The van der Waals surface area contributed by atoms with Crippen molar-refractivity contribution in [3.63, 3.8) is 0 Å². The molecule has 0 radical (unpaired) electrons. The number of imide groups is 1. The van der Waals surface area contributed by atoms with E-state index < -0.39 is 35.5 Å². The van der Waals surface area contributed by atoms with Gasteiger partial charge in [0, 0.05) is 12.8 Å². The van der Waals surface area contributed by atoms with Crippen LogP contribution in [0.1, 0.15) is 47.0 Å². The topological polar surface area (TPSA) is 102 Å². The van der Waals surface area contributed by atoms with Crippen molar-refractivity contribution >= 4 is 23.9 Å². The van der Waals surface area contributed by atoms with Gasteiger partial charge in [0.05, 0.1) is 0 Å². The first kappa shape index (κ1) is 16.9. The van der Waals surface area contributed by atoms with Crippen LogP contribution in [-0.2, 0) is 24.0 Å².